The number of benzene rings is 2. The molecule has 0 aliphatic heterocycles. The molecule has 0 atom stereocenters. The van der Waals surface area contributed by atoms with E-state index in [0.717, 1.165) is 5.39 Å². The van der Waals surface area contributed by atoms with E-state index >= 15 is 0 Å². The minimum atomic E-state index is -3.58. The second-order valence-electron chi connectivity index (χ2n) is 5.46. The Morgan fingerprint density at radius 1 is 1.20 bits per heavy atom. The van der Waals surface area contributed by atoms with Gasteiger partial charge in [-0.15, -0.1) is 0 Å². The van der Waals surface area contributed by atoms with Crippen molar-refractivity contribution in [2.24, 2.45) is 0 Å². The number of nitrogens with one attached hydrogen (secondary N) is 1. The summed E-state index contributed by atoms with van der Waals surface area (Å²) < 4.78 is 27.9. The highest BCUT2D eigenvalue weighted by Gasteiger charge is 2.25. The van der Waals surface area contributed by atoms with E-state index in [1.54, 1.807) is 24.3 Å². The number of hydrogen-bond donors (Lipinski definition) is 1. The van der Waals surface area contributed by atoms with Gasteiger partial charge in [0.25, 0.3) is 0 Å². The van der Waals surface area contributed by atoms with Crippen LogP contribution in [0, 0.1) is 0 Å². The van der Waals surface area contributed by atoms with Crippen LogP contribution in [0.2, 0.25) is 5.02 Å². The normalized spacial score (nSPS) is 12.8. The quantitative estimate of drug-likeness (QED) is 0.929. The molecule has 1 N–H and O–H groups in total. The van der Waals surface area contributed by atoms with Gasteiger partial charge in [0.05, 0.1) is 4.90 Å². The third kappa shape index (κ3) is 3.14. The number of rotatable bonds is 4. The van der Waals surface area contributed by atoms with Gasteiger partial charge in [0.2, 0.25) is 10.0 Å². The Morgan fingerprint density at radius 3 is 2.55 bits per heavy atom. The maximum Gasteiger partial charge on any atom is 0.241 e. The average molecular weight is 312 g/mol. The van der Waals surface area contributed by atoms with Crippen LogP contribution >= 0.6 is 11.6 Å². The lowest BCUT2D eigenvalue weighted by Crippen LogP contribution is -2.42. The molecule has 5 heteroatoms. The number of halogens is 1. The molecule has 0 unspecified atom stereocenters. The summed E-state index contributed by atoms with van der Waals surface area (Å²) in [6, 6.07) is 10.5. The minimum absolute atomic E-state index is 0.263. The Balaban J connectivity index is 2.60. The summed E-state index contributed by atoms with van der Waals surface area (Å²) in [4.78, 5) is 0.263. The SMILES string of the molecule is CCC(C)(C)NS(=O)(=O)c1cccc2ccc(Cl)cc12. The zero-order chi connectivity index (χ0) is 15.0. The smallest absolute Gasteiger partial charge is 0.207 e. The molecular weight excluding hydrogens is 294 g/mol. The molecule has 0 aliphatic rings. The van der Waals surface area contributed by atoms with Crippen LogP contribution in [0.15, 0.2) is 41.3 Å². The van der Waals surface area contributed by atoms with Crippen molar-refractivity contribution >= 4 is 32.4 Å². The van der Waals surface area contributed by atoms with Gasteiger partial charge in [-0.3, -0.25) is 0 Å². The van der Waals surface area contributed by atoms with Gasteiger partial charge in [0, 0.05) is 15.9 Å². The molecule has 2 aromatic carbocycles. The predicted molar refractivity (Wildman–Crippen MR) is 83.6 cm³/mol. The van der Waals surface area contributed by atoms with Gasteiger partial charge < -0.3 is 0 Å². The summed E-state index contributed by atoms with van der Waals surface area (Å²) in [6.45, 7) is 5.67. The van der Waals surface area contributed by atoms with Crippen LogP contribution in [0.25, 0.3) is 10.8 Å². The predicted octanol–water partition coefficient (Wildman–Crippen LogP) is 3.96. The molecule has 0 aromatic heterocycles. The molecule has 0 saturated carbocycles. The van der Waals surface area contributed by atoms with Crippen LogP contribution in [-0.2, 0) is 10.0 Å². The zero-order valence-corrected chi connectivity index (χ0v) is 13.3. The van der Waals surface area contributed by atoms with Crippen LogP contribution in [-0.4, -0.2) is 14.0 Å². The van der Waals surface area contributed by atoms with Gasteiger partial charge in [-0.1, -0.05) is 36.7 Å². The number of fused-ring (bicyclic) bond motifs is 1. The minimum Gasteiger partial charge on any atom is -0.207 e. The van der Waals surface area contributed by atoms with Gasteiger partial charge in [-0.2, -0.15) is 0 Å². The summed E-state index contributed by atoms with van der Waals surface area (Å²) >= 11 is 5.99. The van der Waals surface area contributed by atoms with Gasteiger partial charge in [0.15, 0.2) is 0 Å². The molecule has 0 spiro atoms. The van der Waals surface area contributed by atoms with E-state index in [0.29, 0.717) is 16.8 Å². The van der Waals surface area contributed by atoms with E-state index in [4.69, 9.17) is 11.6 Å². The van der Waals surface area contributed by atoms with Gasteiger partial charge in [0.1, 0.15) is 0 Å². The molecule has 0 bridgehead atoms. The van der Waals surface area contributed by atoms with E-state index < -0.39 is 15.6 Å². The van der Waals surface area contributed by atoms with Crippen molar-refractivity contribution in [2.75, 3.05) is 0 Å². The van der Waals surface area contributed by atoms with E-state index in [1.165, 1.54) is 0 Å². The van der Waals surface area contributed by atoms with Gasteiger partial charge in [-0.05, 0) is 43.9 Å². The lowest BCUT2D eigenvalue weighted by atomic mass is 10.0. The van der Waals surface area contributed by atoms with Crippen molar-refractivity contribution in [3.63, 3.8) is 0 Å². The summed E-state index contributed by atoms with van der Waals surface area (Å²) in [6.07, 6.45) is 0.706. The maximum absolute atomic E-state index is 12.6. The first-order chi connectivity index (χ1) is 9.25. The van der Waals surface area contributed by atoms with E-state index in [2.05, 4.69) is 4.72 Å². The molecule has 2 rings (SSSR count). The molecule has 0 amide bonds. The van der Waals surface area contributed by atoms with Crippen LogP contribution in [0.3, 0.4) is 0 Å². The molecule has 0 heterocycles. The summed E-state index contributed by atoms with van der Waals surface area (Å²) in [7, 11) is -3.58. The molecule has 0 aliphatic carbocycles. The Morgan fingerprint density at radius 2 is 1.90 bits per heavy atom. The summed E-state index contributed by atoms with van der Waals surface area (Å²) in [5, 5.41) is 2.01. The van der Waals surface area contributed by atoms with Crippen molar-refractivity contribution in [1.82, 2.24) is 4.72 Å². The lowest BCUT2D eigenvalue weighted by molar-refractivity contribution is 0.440. The first-order valence-electron chi connectivity index (χ1n) is 6.47. The third-order valence-corrected chi connectivity index (χ3v) is 5.38. The molecule has 20 heavy (non-hydrogen) atoms. The van der Waals surface area contributed by atoms with Crippen LogP contribution in [0.4, 0.5) is 0 Å². The van der Waals surface area contributed by atoms with Crippen molar-refractivity contribution < 1.29 is 8.42 Å². The molecule has 3 nitrogen and oxygen atoms in total. The Labute approximate surface area is 125 Å². The van der Waals surface area contributed by atoms with Crippen LogP contribution < -0.4 is 4.72 Å². The second kappa shape index (κ2) is 5.35. The fraction of sp³-hybridized carbons (Fsp3) is 0.333. The third-order valence-electron chi connectivity index (χ3n) is 3.39. The molecule has 108 valence electrons. The highest BCUT2D eigenvalue weighted by Crippen LogP contribution is 2.27. The largest absolute Gasteiger partial charge is 0.241 e. The zero-order valence-electron chi connectivity index (χ0n) is 11.8. The number of sulfonamides is 1. The van der Waals surface area contributed by atoms with Crippen molar-refractivity contribution in [3.8, 4) is 0 Å². The van der Waals surface area contributed by atoms with E-state index in [9.17, 15) is 8.42 Å². The first kappa shape index (κ1) is 15.3. The van der Waals surface area contributed by atoms with Crippen molar-refractivity contribution in [3.05, 3.63) is 41.4 Å². The Kier molecular flexibility index (Phi) is 4.09. The lowest BCUT2D eigenvalue weighted by Gasteiger charge is -2.24. The molecular formula is C15H18ClNO2S. The van der Waals surface area contributed by atoms with E-state index in [1.807, 2.05) is 32.9 Å². The van der Waals surface area contributed by atoms with Gasteiger partial charge >= 0.3 is 0 Å². The Bertz CT molecular complexity index is 739. The van der Waals surface area contributed by atoms with Gasteiger partial charge in [-0.25, -0.2) is 13.1 Å². The average Bonchev–Trinajstić information content (AvgIpc) is 2.36. The second-order valence-corrected chi connectivity index (χ2v) is 7.55. The Hall–Kier alpha value is -1.10. The van der Waals surface area contributed by atoms with Crippen LogP contribution in [0.1, 0.15) is 27.2 Å². The molecule has 0 radical (unpaired) electrons. The molecule has 0 fully saturated rings. The first-order valence-corrected chi connectivity index (χ1v) is 8.33. The molecule has 0 saturated heterocycles. The van der Waals surface area contributed by atoms with Crippen molar-refractivity contribution in [1.29, 1.82) is 0 Å². The monoisotopic (exact) mass is 311 g/mol. The summed E-state index contributed by atoms with van der Waals surface area (Å²) in [5.74, 6) is 0. The maximum atomic E-state index is 12.6. The van der Waals surface area contributed by atoms with Crippen molar-refractivity contribution in [2.45, 2.75) is 37.6 Å². The highest BCUT2D eigenvalue weighted by atomic mass is 35.5. The molecule has 2 aromatic rings. The topological polar surface area (TPSA) is 46.2 Å². The highest BCUT2D eigenvalue weighted by molar-refractivity contribution is 7.89. The number of hydrogen-bond acceptors (Lipinski definition) is 2. The fourth-order valence-electron chi connectivity index (χ4n) is 1.94. The summed E-state index contributed by atoms with van der Waals surface area (Å²) in [5.41, 5.74) is -0.487. The fourth-order valence-corrected chi connectivity index (χ4v) is 3.82. The standard InChI is InChI=1S/C15H18ClNO2S/c1-4-15(2,3)17-20(18,19)14-7-5-6-11-8-9-12(16)10-13(11)14/h5-10,17H,4H2,1-3H3. The van der Waals surface area contributed by atoms with E-state index in [-0.39, 0.29) is 4.90 Å². The van der Waals surface area contributed by atoms with Crippen LogP contribution in [0.5, 0.6) is 0 Å².